The number of hydrogen-bond acceptors (Lipinski definition) is 4. The predicted octanol–water partition coefficient (Wildman–Crippen LogP) is 0.232. The van der Waals surface area contributed by atoms with E-state index in [1.165, 1.54) is 17.1 Å². The summed E-state index contributed by atoms with van der Waals surface area (Å²) in [6.45, 7) is 2.21. The monoisotopic (exact) mass is 288 g/mol. The highest BCUT2D eigenvalue weighted by atomic mass is 16.2. The molecule has 0 aromatic carbocycles. The van der Waals surface area contributed by atoms with E-state index in [2.05, 4.69) is 11.8 Å². The van der Waals surface area contributed by atoms with Gasteiger partial charge in [-0.05, 0) is 19.8 Å². The summed E-state index contributed by atoms with van der Waals surface area (Å²) in [4.78, 5) is 47.8. The molecule has 110 valence electrons. The van der Waals surface area contributed by atoms with Crippen molar-refractivity contribution in [3.05, 3.63) is 12.2 Å². The highest BCUT2D eigenvalue weighted by molar-refractivity contribution is 6.18. The molecule has 2 rings (SSSR count). The maximum Gasteiger partial charge on any atom is 0.306 e. The zero-order valence-corrected chi connectivity index (χ0v) is 11.8. The van der Waals surface area contributed by atoms with E-state index in [0.717, 1.165) is 17.7 Å². The summed E-state index contributed by atoms with van der Waals surface area (Å²) >= 11 is 0. The molecule has 21 heavy (non-hydrogen) atoms. The van der Waals surface area contributed by atoms with Crippen LogP contribution < -0.4 is 0 Å². The van der Waals surface area contributed by atoms with Crippen LogP contribution in [0.1, 0.15) is 32.6 Å². The summed E-state index contributed by atoms with van der Waals surface area (Å²) in [6.07, 6.45) is 5.57. The first kappa shape index (κ1) is 15.0. The first-order valence-corrected chi connectivity index (χ1v) is 6.93. The maximum absolute atomic E-state index is 11.4. The van der Waals surface area contributed by atoms with E-state index < -0.39 is 11.8 Å². The normalized spacial score (nSPS) is 18.5. The lowest BCUT2D eigenvalue weighted by Crippen LogP contribution is -2.38. The van der Waals surface area contributed by atoms with Crippen molar-refractivity contribution in [1.29, 1.82) is 0 Å². The van der Waals surface area contributed by atoms with E-state index in [-0.39, 0.29) is 17.9 Å². The van der Waals surface area contributed by atoms with Crippen LogP contribution in [0.3, 0.4) is 0 Å². The van der Waals surface area contributed by atoms with Crippen molar-refractivity contribution in [2.75, 3.05) is 6.54 Å². The number of carbonyl (C=O) groups excluding carboxylic acids is 4. The van der Waals surface area contributed by atoms with Gasteiger partial charge in [0.05, 0.1) is 0 Å². The highest BCUT2D eigenvalue weighted by Crippen LogP contribution is 2.13. The summed E-state index contributed by atoms with van der Waals surface area (Å²) in [5.41, 5.74) is 0. The van der Waals surface area contributed by atoms with Crippen molar-refractivity contribution >= 4 is 23.6 Å². The average molecular weight is 288 g/mol. The fourth-order valence-corrected chi connectivity index (χ4v) is 2.39. The molecule has 0 aliphatic carbocycles. The number of rotatable bonds is 7. The summed E-state index contributed by atoms with van der Waals surface area (Å²) in [5, 5.41) is 0. The van der Waals surface area contributed by atoms with Crippen LogP contribution in [-0.2, 0) is 19.2 Å². The van der Waals surface area contributed by atoms with Gasteiger partial charge in [-0.15, -0.1) is 0 Å². The maximum atomic E-state index is 11.4. The summed E-state index contributed by atoms with van der Waals surface area (Å²) < 4.78 is 0. The molecule has 0 spiro atoms. The third-order valence-electron chi connectivity index (χ3n) is 3.56. The minimum atomic E-state index is -0.438. The van der Waals surface area contributed by atoms with Gasteiger partial charge in [-0.25, -0.2) is 0 Å². The summed E-state index contributed by atoms with van der Waals surface area (Å²) in [7, 11) is 0. The first-order valence-electron chi connectivity index (χ1n) is 6.93. The Morgan fingerprint density at radius 1 is 0.952 bits per heavy atom. The zero-order chi connectivity index (χ0) is 15.4. The lowest BCUT2D eigenvalue weighted by Gasteiger charge is -2.21. The molecule has 4 amide bonds. The number of amides is 4. The molecule has 6 heteroatoms. The van der Waals surface area contributed by atoms with Crippen LogP contribution in [0, 0.1) is 11.8 Å². The van der Waals surface area contributed by atoms with Gasteiger partial charge in [0.15, 0.2) is 0 Å². The number of carbonyl (C=O) groups is 4. The van der Waals surface area contributed by atoms with Gasteiger partial charge in [-0.1, -0.05) is 12.8 Å². The topological polar surface area (TPSA) is 74.8 Å². The molecule has 0 aromatic heterocycles. The number of unbranched alkanes of at least 4 members (excludes halogenated alkanes) is 2. The predicted molar refractivity (Wildman–Crippen MR) is 73.4 cm³/mol. The molecular weight excluding hydrogens is 272 g/mol. The number of hydrogen-bond donors (Lipinski definition) is 0. The second-order valence-corrected chi connectivity index (χ2v) is 5.09. The summed E-state index contributed by atoms with van der Waals surface area (Å²) in [6, 6.07) is -0.191. The van der Waals surface area contributed by atoms with Crippen molar-refractivity contribution < 1.29 is 19.2 Å². The molecule has 0 bridgehead atoms. The van der Waals surface area contributed by atoms with Gasteiger partial charge < -0.3 is 0 Å². The van der Waals surface area contributed by atoms with E-state index in [4.69, 9.17) is 0 Å². The third-order valence-corrected chi connectivity index (χ3v) is 3.56. The standard InChI is InChI=1S/C15H16N2O4/c1-11(17-14(20)8-9-15(17)21)5-3-2-4-10-16-12(18)6-7-13(16)19/h6-7,11H,2-5,10H2,1H3. The highest BCUT2D eigenvalue weighted by Gasteiger charge is 2.28. The second kappa shape index (κ2) is 6.35. The van der Waals surface area contributed by atoms with Gasteiger partial charge in [0, 0.05) is 36.6 Å². The average Bonchev–Trinajstić information content (AvgIpc) is 2.94. The lowest BCUT2D eigenvalue weighted by molar-refractivity contribution is -0.139. The molecule has 1 atom stereocenters. The van der Waals surface area contributed by atoms with Gasteiger partial charge >= 0.3 is 11.8 Å². The SMILES string of the molecule is CC(CCCCCN1C(=O)C=CC1=O)N1C(=O)C#CC1=O. The van der Waals surface area contributed by atoms with Crippen molar-refractivity contribution in [1.82, 2.24) is 9.80 Å². The van der Waals surface area contributed by atoms with Crippen molar-refractivity contribution in [3.63, 3.8) is 0 Å². The molecule has 2 heterocycles. The summed E-state index contributed by atoms with van der Waals surface area (Å²) in [5.74, 6) is 3.09. The Morgan fingerprint density at radius 3 is 2.10 bits per heavy atom. The van der Waals surface area contributed by atoms with E-state index >= 15 is 0 Å². The van der Waals surface area contributed by atoms with Crippen LogP contribution in [0.2, 0.25) is 0 Å². The molecule has 0 saturated heterocycles. The molecule has 2 aliphatic rings. The fourth-order valence-electron chi connectivity index (χ4n) is 2.39. The Kier molecular flexibility index (Phi) is 4.53. The molecule has 0 fully saturated rings. The zero-order valence-electron chi connectivity index (χ0n) is 11.8. The molecule has 0 N–H and O–H groups in total. The van der Waals surface area contributed by atoms with Crippen LogP contribution in [0.15, 0.2) is 12.2 Å². The molecule has 1 unspecified atom stereocenters. The molecule has 0 radical (unpaired) electrons. The van der Waals surface area contributed by atoms with E-state index in [1.54, 1.807) is 0 Å². The van der Waals surface area contributed by atoms with Gasteiger partial charge in [-0.2, -0.15) is 0 Å². The molecule has 0 aromatic rings. The number of nitrogens with zero attached hydrogens (tertiary/aromatic N) is 2. The van der Waals surface area contributed by atoms with E-state index in [1.807, 2.05) is 6.92 Å². The van der Waals surface area contributed by atoms with Crippen molar-refractivity contribution in [2.45, 2.75) is 38.6 Å². The smallest absolute Gasteiger partial charge is 0.275 e. The lowest BCUT2D eigenvalue weighted by atomic mass is 10.1. The van der Waals surface area contributed by atoms with Crippen LogP contribution in [0.4, 0.5) is 0 Å². The quantitative estimate of drug-likeness (QED) is 0.382. The molecule has 2 aliphatic heterocycles. The number of imide groups is 2. The Labute approximate surface area is 122 Å². The third kappa shape index (κ3) is 3.37. The second-order valence-electron chi connectivity index (χ2n) is 5.09. The van der Waals surface area contributed by atoms with Crippen molar-refractivity contribution in [3.8, 4) is 11.8 Å². The molecular formula is C15H16N2O4. The Morgan fingerprint density at radius 2 is 1.52 bits per heavy atom. The Balaban J connectivity index is 1.64. The van der Waals surface area contributed by atoms with Crippen LogP contribution in [0.25, 0.3) is 0 Å². The largest absolute Gasteiger partial charge is 0.306 e. The molecule has 0 saturated carbocycles. The minimum Gasteiger partial charge on any atom is -0.275 e. The van der Waals surface area contributed by atoms with Gasteiger partial charge in [0.2, 0.25) is 0 Å². The van der Waals surface area contributed by atoms with Gasteiger partial charge in [0.1, 0.15) is 0 Å². The van der Waals surface area contributed by atoms with E-state index in [9.17, 15) is 19.2 Å². The Bertz CT molecular complexity index is 544. The van der Waals surface area contributed by atoms with Gasteiger partial charge in [-0.3, -0.25) is 29.0 Å². The Hall–Kier alpha value is -2.42. The van der Waals surface area contributed by atoms with Crippen LogP contribution >= 0.6 is 0 Å². The van der Waals surface area contributed by atoms with Gasteiger partial charge in [0.25, 0.3) is 11.8 Å². The molecule has 6 nitrogen and oxygen atoms in total. The fraction of sp³-hybridized carbons (Fsp3) is 0.467. The van der Waals surface area contributed by atoms with Crippen LogP contribution in [-0.4, -0.2) is 46.0 Å². The van der Waals surface area contributed by atoms with E-state index in [0.29, 0.717) is 19.4 Å². The van der Waals surface area contributed by atoms with Crippen LogP contribution in [0.5, 0.6) is 0 Å². The van der Waals surface area contributed by atoms with Crippen molar-refractivity contribution in [2.24, 2.45) is 0 Å². The minimum absolute atomic E-state index is 0.191. The first-order chi connectivity index (χ1) is 10.0.